The maximum atomic E-state index is 8.56. The number of aliphatic imine (C=N–C) groups is 1. The van der Waals surface area contributed by atoms with Crippen LogP contribution in [0.3, 0.4) is 0 Å². The topological polar surface area (TPSA) is 64.6 Å². The molecule has 1 aromatic carbocycles. The molecule has 0 aliphatic rings. The molecule has 0 aliphatic carbocycles. The van der Waals surface area contributed by atoms with Gasteiger partial charge in [-0.25, -0.2) is 0 Å². The van der Waals surface area contributed by atoms with Crippen molar-refractivity contribution in [3.63, 3.8) is 0 Å². The quantitative estimate of drug-likeness (QED) is 0.326. The van der Waals surface area contributed by atoms with E-state index in [1.165, 1.54) is 22.7 Å². The van der Waals surface area contributed by atoms with Gasteiger partial charge in [0.2, 0.25) is 6.19 Å². The lowest BCUT2D eigenvalue weighted by molar-refractivity contribution is 0.403. The first-order valence-electron chi connectivity index (χ1n) is 8.10. The van der Waals surface area contributed by atoms with Crippen LogP contribution in [0.5, 0.6) is 0 Å². The first-order chi connectivity index (χ1) is 12.1. The summed E-state index contributed by atoms with van der Waals surface area (Å²) in [6, 6.07) is 6.53. The van der Waals surface area contributed by atoms with Crippen molar-refractivity contribution in [1.29, 1.82) is 5.26 Å². The minimum absolute atomic E-state index is 0.679. The minimum atomic E-state index is 0.679. The molecule has 0 saturated carbocycles. The largest absolute Gasteiger partial charge is 0.467 e. The van der Waals surface area contributed by atoms with Crippen molar-refractivity contribution >= 4 is 39.5 Å². The molecule has 7 heteroatoms. The lowest BCUT2D eigenvalue weighted by atomic mass is 10.1. The highest BCUT2D eigenvalue weighted by atomic mass is 32.2. The normalized spacial score (nSPS) is 11.9. The monoisotopic (exact) mass is 376 g/mol. The SMILES string of the molecule is CSC(=NC#N)NCCCSCc1occ2ccc(CN(C)C)cc12. The molecule has 0 saturated heterocycles. The van der Waals surface area contributed by atoms with Gasteiger partial charge in [-0.05, 0) is 44.2 Å². The number of furan rings is 1. The molecular formula is C18H24N4OS2. The third-order valence-electron chi connectivity index (χ3n) is 3.56. The molecule has 1 N–H and O–H groups in total. The predicted molar refractivity (Wildman–Crippen MR) is 109 cm³/mol. The van der Waals surface area contributed by atoms with Crippen LogP contribution in [0.1, 0.15) is 17.7 Å². The maximum Gasteiger partial charge on any atom is 0.208 e. The number of amidine groups is 1. The van der Waals surface area contributed by atoms with E-state index in [9.17, 15) is 0 Å². The standard InChI is InChI=1S/C18H24N4OS2/c1-22(2)10-14-5-6-15-11-23-17(16(15)9-14)12-25-8-4-7-20-18(24-3)21-13-19/h5-6,9,11H,4,7-8,10,12H2,1-3H3,(H,20,21). The van der Waals surface area contributed by atoms with Crippen LogP contribution < -0.4 is 5.32 Å². The Labute approximate surface area is 157 Å². The van der Waals surface area contributed by atoms with Gasteiger partial charge in [-0.2, -0.15) is 17.0 Å². The Bertz CT molecular complexity index is 749. The van der Waals surface area contributed by atoms with Crippen molar-refractivity contribution in [3.8, 4) is 6.19 Å². The summed E-state index contributed by atoms with van der Waals surface area (Å²) in [7, 11) is 4.16. The third-order valence-corrected chi connectivity index (χ3v) is 5.23. The first-order valence-corrected chi connectivity index (χ1v) is 10.5. The summed E-state index contributed by atoms with van der Waals surface area (Å²) in [4.78, 5) is 5.88. The third kappa shape index (κ3) is 6.31. The van der Waals surface area contributed by atoms with Gasteiger partial charge in [-0.1, -0.05) is 23.9 Å². The van der Waals surface area contributed by atoms with Crippen molar-refractivity contribution in [2.45, 2.75) is 18.7 Å². The number of fused-ring (bicyclic) bond motifs is 1. The number of benzene rings is 1. The van der Waals surface area contributed by atoms with Gasteiger partial charge in [0.1, 0.15) is 5.76 Å². The molecule has 2 rings (SSSR count). The highest BCUT2D eigenvalue weighted by Gasteiger charge is 2.08. The number of rotatable bonds is 8. The zero-order chi connectivity index (χ0) is 18.1. The summed E-state index contributed by atoms with van der Waals surface area (Å²) in [6.45, 7) is 1.75. The second-order valence-electron chi connectivity index (χ2n) is 5.87. The Hall–Kier alpha value is -1.62. The average molecular weight is 377 g/mol. The van der Waals surface area contributed by atoms with Gasteiger partial charge in [0.05, 0.1) is 12.0 Å². The van der Waals surface area contributed by atoms with E-state index in [0.717, 1.165) is 42.2 Å². The average Bonchev–Trinajstić information content (AvgIpc) is 2.98. The van der Waals surface area contributed by atoms with Crippen molar-refractivity contribution in [1.82, 2.24) is 10.2 Å². The molecular weight excluding hydrogens is 352 g/mol. The summed E-state index contributed by atoms with van der Waals surface area (Å²) in [5.41, 5.74) is 1.30. The molecule has 0 atom stereocenters. The van der Waals surface area contributed by atoms with Crippen LogP contribution in [0.15, 0.2) is 33.9 Å². The van der Waals surface area contributed by atoms with Crippen LogP contribution in [0.25, 0.3) is 10.8 Å². The van der Waals surface area contributed by atoms with E-state index in [0.29, 0.717) is 5.17 Å². The Balaban J connectivity index is 1.81. The van der Waals surface area contributed by atoms with Crippen LogP contribution in [-0.4, -0.2) is 42.7 Å². The minimum Gasteiger partial charge on any atom is -0.467 e. The fraction of sp³-hybridized carbons (Fsp3) is 0.444. The maximum absolute atomic E-state index is 8.56. The van der Waals surface area contributed by atoms with Crippen molar-refractivity contribution in [3.05, 3.63) is 35.8 Å². The van der Waals surface area contributed by atoms with E-state index in [-0.39, 0.29) is 0 Å². The molecule has 0 spiro atoms. The molecule has 0 bridgehead atoms. The number of hydrogen-bond donors (Lipinski definition) is 1. The van der Waals surface area contributed by atoms with E-state index in [1.807, 2.05) is 24.3 Å². The van der Waals surface area contributed by atoms with E-state index in [2.05, 4.69) is 47.5 Å². The van der Waals surface area contributed by atoms with Crippen molar-refractivity contribution in [2.24, 2.45) is 4.99 Å². The molecule has 0 unspecified atom stereocenters. The molecule has 0 amide bonds. The van der Waals surface area contributed by atoms with Crippen LogP contribution in [-0.2, 0) is 12.3 Å². The summed E-state index contributed by atoms with van der Waals surface area (Å²) in [6.07, 6.45) is 6.57. The number of hydrogen-bond acceptors (Lipinski definition) is 6. The summed E-state index contributed by atoms with van der Waals surface area (Å²) in [5, 5.41) is 14.8. The Morgan fingerprint density at radius 2 is 2.24 bits per heavy atom. The second-order valence-corrected chi connectivity index (χ2v) is 7.77. The fourth-order valence-corrected chi connectivity index (χ4v) is 3.74. The van der Waals surface area contributed by atoms with Gasteiger partial charge >= 0.3 is 0 Å². The smallest absolute Gasteiger partial charge is 0.208 e. The van der Waals surface area contributed by atoms with Crippen LogP contribution in [0.2, 0.25) is 0 Å². The number of thioether (sulfide) groups is 2. The molecule has 25 heavy (non-hydrogen) atoms. The zero-order valence-corrected chi connectivity index (χ0v) is 16.5. The lowest BCUT2D eigenvalue weighted by Crippen LogP contribution is -2.21. The van der Waals surface area contributed by atoms with Crippen molar-refractivity contribution < 1.29 is 4.42 Å². The Morgan fingerprint density at radius 1 is 1.40 bits per heavy atom. The van der Waals surface area contributed by atoms with Gasteiger partial charge in [0, 0.05) is 23.9 Å². The summed E-state index contributed by atoms with van der Waals surface area (Å²) >= 11 is 3.32. The van der Waals surface area contributed by atoms with E-state index in [4.69, 9.17) is 9.68 Å². The molecule has 134 valence electrons. The number of nitrogens with one attached hydrogen (secondary N) is 1. The van der Waals surface area contributed by atoms with Crippen molar-refractivity contribution in [2.75, 3.05) is 32.6 Å². The zero-order valence-electron chi connectivity index (χ0n) is 14.9. The van der Waals surface area contributed by atoms with Gasteiger partial charge in [-0.15, -0.1) is 4.99 Å². The predicted octanol–water partition coefficient (Wildman–Crippen LogP) is 3.91. The highest BCUT2D eigenvalue weighted by Crippen LogP contribution is 2.26. The number of nitrogens with zero attached hydrogens (tertiary/aromatic N) is 3. The van der Waals surface area contributed by atoms with Gasteiger partial charge in [-0.3, -0.25) is 0 Å². The van der Waals surface area contributed by atoms with Gasteiger partial charge in [0.15, 0.2) is 5.17 Å². The lowest BCUT2D eigenvalue weighted by Gasteiger charge is -2.09. The Morgan fingerprint density at radius 3 is 2.96 bits per heavy atom. The molecule has 0 radical (unpaired) electrons. The van der Waals surface area contributed by atoms with Crippen LogP contribution in [0, 0.1) is 11.5 Å². The van der Waals surface area contributed by atoms with Crippen LogP contribution >= 0.6 is 23.5 Å². The Kier molecular flexibility index (Phi) is 8.19. The van der Waals surface area contributed by atoms with E-state index >= 15 is 0 Å². The molecule has 1 aromatic heterocycles. The summed E-state index contributed by atoms with van der Waals surface area (Å²) in [5.74, 6) is 2.95. The van der Waals surface area contributed by atoms with Gasteiger partial charge < -0.3 is 14.6 Å². The molecule has 0 aliphatic heterocycles. The van der Waals surface area contributed by atoms with Gasteiger partial charge in [0.25, 0.3) is 0 Å². The molecule has 5 nitrogen and oxygen atoms in total. The number of nitriles is 1. The van der Waals surface area contributed by atoms with Crippen LogP contribution in [0.4, 0.5) is 0 Å². The summed E-state index contributed by atoms with van der Waals surface area (Å²) < 4.78 is 5.76. The first kappa shape index (κ1) is 19.7. The highest BCUT2D eigenvalue weighted by molar-refractivity contribution is 8.13. The molecule has 2 aromatic rings. The molecule has 0 fully saturated rings. The second kappa shape index (κ2) is 10.4. The fourth-order valence-electron chi connectivity index (χ4n) is 2.46. The van der Waals surface area contributed by atoms with E-state index < -0.39 is 0 Å². The van der Waals surface area contributed by atoms with E-state index in [1.54, 1.807) is 6.19 Å². The molecule has 1 heterocycles.